The summed E-state index contributed by atoms with van der Waals surface area (Å²) < 4.78 is 49.7. The van der Waals surface area contributed by atoms with Gasteiger partial charge in [0.2, 0.25) is 10.0 Å². The molecule has 9 heteroatoms. The number of sulfone groups is 1. The molecule has 0 unspecified atom stereocenters. The second kappa shape index (κ2) is 5.28. The van der Waals surface area contributed by atoms with Gasteiger partial charge in [0.05, 0.1) is 16.8 Å². The van der Waals surface area contributed by atoms with Gasteiger partial charge in [-0.05, 0) is 12.8 Å². The molecule has 0 saturated carbocycles. The summed E-state index contributed by atoms with van der Waals surface area (Å²) in [5.74, 6) is 0.0898. The van der Waals surface area contributed by atoms with E-state index in [2.05, 4.69) is 14.9 Å². The highest BCUT2D eigenvalue weighted by Crippen LogP contribution is 2.24. The molecule has 1 aromatic rings. The van der Waals surface area contributed by atoms with Gasteiger partial charge in [0.15, 0.2) is 5.82 Å². The molecule has 0 radical (unpaired) electrons. The van der Waals surface area contributed by atoms with E-state index in [1.165, 1.54) is 0 Å². The van der Waals surface area contributed by atoms with Crippen molar-refractivity contribution in [1.29, 1.82) is 0 Å². The lowest BCUT2D eigenvalue weighted by Gasteiger charge is -2.22. The third-order valence-electron chi connectivity index (χ3n) is 3.57. The zero-order valence-corrected chi connectivity index (χ0v) is 14.0. The number of aromatic nitrogens is 2. The average molecular weight is 335 g/mol. The van der Waals surface area contributed by atoms with Crippen molar-refractivity contribution in [2.75, 3.05) is 16.2 Å². The summed E-state index contributed by atoms with van der Waals surface area (Å²) in [4.78, 5) is 0. The van der Waals surface area contributed by atoms with Gasteiger partial charge in [-0.15, -0.1) is 0 Å². The largest absolute Gasteiger partial charge is 0.280 e. The topological polar surface area (TPSA) is 109 Å². The van der Waals surface area contributed by atoms with Gasteiger partial charge in [-0.3, -0.25) is 9.82 Å². The first-order valence-electron chi connectivity index (χ1n) is 6.77. The third-order valence-corrected chi connectivity index (χ3v) is 7.13. The maximum atomic E-state index is 12.3. The van der Waals surface area contributed by atoms with E-state index < -0.39 is 25.1 Å². The average Bonchev–Trinajstić information content (AvgIpc) is 2.75. The Hall–Kier alpha value is -1.09. The third kappa shape index (κ3) is 3.97. The summed E-state index contributed by atoms with van der Waals surface area (Å²) in [5.41, 5.74) is 0.668. The van der Waals surface area contributed by atoms with Gasteiger partial charge in [0.1, 0.15) is 9.84 Å². The Bertz CT molecular complexity index is 700. The van der Waals surface area contributed by atoms with Gasteiger partial charge in [-0.25, -0.2) is 16.8 Å². The minimum Gasteiger partial charge on any atom is -0.280 e. The summed E-state index contributed by atoms with van der Waals surface area (Å²) in [7, 11) is -6.69. The molecule has 0 aromatic carbocycles. The number of aromatic amines is 1. The zero-order chi connectivity index (χ0) is 15.9. The Labute approximate surface area is 125 Å². The van der Waals surface area contributed by atoms with Crippen LogP contribution in [0.15, 0.2) is 6.07 Å². The summed E-state index contributed by atoms with van der Waals surface area (Å²) in [6.07, 6.45) is 0.266. The highest BCUT2D eigenvalue weighted by Gasteiger charge is 2.33. The fourth-order valence-corrected chi connectivity index (χ4v) is 5.37. The van der Waals surface area contributed by atoms with Gasteiger partial charge >= 0.3 is 0 Å². The van der Waals surface area contributed by atoms with Crippen molar-refractivity contribution in [2.45, 2.75) is 44.3 Å². The minimum absolute atomic E-state index is 0.0770. The van der Waals surface area contributed by atoms with E-state index in [4.69, 9.17) is 0 Å². The molecule has 0 bridgehead atoms. The number of sulfonamides is 1. The van der Waals surface area contributed by atoms with Crippen LogP contribution >= 0.6 is 0 Å². The molecule has 1 fully saturated rings. The monoisotopic (exact) mass is 335 g/mol. The van der Waals surface area contributed by atoms with Crippen molar-refractivity contribution < 1.29 is 16.8 Å². The molecule has 2 N–H and O–H groups in total. The van der Waals surface area contributed by atoms with Gasteiger partial charge in [0, 0.05) is 17.2 Å². The standard InChI is InChI=1S/C12H21N3O4S2/c1-12(2,3)10-8-11(14-13-10)15-21(18,19)9-4-6-20(16,17)7-5-9/h8-9H,4-7H2,1-3H3,(H2,13,14,15). The van der Waals surface area contributed by atoms with Crippen LogP contribution in [0.3, 0.4) is 0 Å². The van der Waals surface area contributed by atoms with Crippen LogP contribution in [0.4, 0.5) is 5.82 Å². The van der Waals surface area contributed by atoms with E-state index in [0.29, 0.717) is 0 Å². The van der Waals surface area contributed by atoms with Gasteiger partial charge in [0.25, 0.3) is 0 Å². The lowest BCUT2D eigenvalue weighted by molar-refractivity contribution is 0.555. The molecule has 21 heavy (non-hydrogen) atoms. The molecule has 1 aromatic heterocycles. The van der Waals surface area contributed by atoms with Gasteiger partial charge in [-0.1, -0.05) is 20.8 Å². The number of H-pyrrole nitrogens is 1. The first kappa shape index (κ1) is 16.3. The van der Waals surface area contributed by atoms with Crippen molar-refractivity contribution in [3.8, 4) is 0 Å². The summed E-state index contributed by atoms with van der Waals surface area (Å²) in [6.45, 7) is 5.97. The minimum atomic E-state index is -3.62. The van der Waals surface area contributed by atoms with Crippen molar-refractivity contribution in [3.63, 3.8) is 0 Å². The smallest absolute Gasteiger partial charge is 0.236 e. The van der Waals surface area contributed by atoms with Crippen LogP contribution in [0.5, 0.6) is 0 Å². The maximum Gasteiger partial charge on any atom is 0.236 e. The number of hydrogen-bond donors (Lipinski definition) is 2. The Balaban J connectivity index is 2.10. The molecule has 7 nitrogen and oxygen atoms in total. The highest BCUT2D eigenvalue weighted by molar-refractivity contribution is 7.94. The zero-order valence-electron chi connectivity index (χ0n) is 12.4. The molecule has 1 aliphatic rings. The number of anilines is 1. The van der Waals surface area contributed by atoms with Crippen LogP contribution in [-0.4, -0.2) is 43.8 Å². The summed E-state index contributed by atoms with van der Waals surface area (Å²) in [5, 5.41) is 6.08. The number of nitrogens with one attached hydrogen (secondary N) is 2. The van der Waals surface area contributed by atoms with Crippen LogP contribution < -0.4 is 4.72 Å². The lowest BCUT2D eigenvalue weighted by atomic mass is 9.92. The van der Waals surface area contributed by atoms with Crippen LogP contribution in [0, 0.1) is 0 Å². The Kier molecular flexibility index (Phi) is 4.09. The van der Waals surface area contributed by atoms with E-state index in [0.717, 1.165) is 5.69 Å². The molecule has 1 saturated heterocycles. The molecule has 1 aliphatic heterocycles. The number of rotatable bonds is 3. The van der Waals surface area contributed by atoms with E-state index in [1.54, 1.807) is 6.07 Å². The fourth-order valence-electron chi connectivity index (χ4n) is 2.17. The van der Waals surface area contributed by atoms with E-state index in [9.17, 15) is 16.8 Å². The quantitative estimate of drug-likeness (QED) is 0.857. The van der Waals surface area contributed by atoms with Crippen LogP contribution in [-0.2, 0) is 25.3 Å². The van der Waals surface area contributed by atoms with Gasteiger partial charge in [-0.2, -0.15) is 5.10 Å². The van der Waals surface area contributed by atoms with E-state index >= 15 is 0 Å². The molecule has 0 amide bonds. The second-order valence-corrected chi connectivity index (χ2v) is 10.7. The SMILES string of the molecule is CC(C)(C)c1cc(NS(=O)(=O)C2CCS(=O)(=O)CC2)n[nH]1. The van der Waals surface area contributed by atoms with Crippen LogP contribution in [0.2, 0.25) is 0 Å². The normalized spacial score (nSPS) is 20.3. The van der Waals surface area contributed by atoms with Crippen LogP contribution in [0.1, 0.15) is 39.3 Å². The second-order valence-electron chi connectivity index (χ2n) is 6.42. The predicted molar refractivity (Wildman–Crippen MR) is 81.5 cm³/mol. The van der Waals surface area contributed by atoms with E-state index in [-0.39, 0.29) is 35.6 Å². The maximum absolute atomic E-state index is 12.3. The molecular weight excluding hydrogens is 314 g/mol. The van der Waals surface area contributed by atoms with Crippen molar-refractivity contribution in [2.24, 2.45) is 0 Å². The summed E-state index contributed by atoms with van der Waals surface area (Å²) in [6, 6.07) is 1.66. The fraction of sp³-hybridized carbons (Fsp3) is 0.750. The van der Waals surface area contributed by atoms with Crippen molar-refractivity contribution in [3.05, 3.63) is 11.8 Å². The molecule has 2 heterocycles. The van der Waals surface area contributed by atoms with Crippen LogP contribution in [0.25, 0.3) is 0 Å². The molecule has 0 aliphatic carbocycles. The molecule has 120 valence electrons. The lowest BCUT2D eigenvalue weighted by Crippen LogP contribution is -2.36. The molecule has 0 spiro atoms. The number of nitrogens with zero attached hydrogens (tertiary/aromatic N) is 1. The first-order chi connectivity index (χ1) is 9.50. The number of hydrogen-bond acceptors (Lipinski definition) is 5. The van der Waals surface area contributed by atoms with E-state index in [1.807, 2.05) is 20.8 Å². The van der Waals surface area contributed by atoms with Gasteiger partial charge < -0.3 is 0 Å². The highest BCUT2D eigenvalue weighted by atomic mass is 32.2. The van der Waals surface area contributed by atoms with Crippen molar-refractivity contribution in [1.82, 2.24) is 10.2 Å². The summed E-state index contributed by atoms with van der Waals surface area (Å²) >= 11 is 0. The molecule has 2 rings (SSSR count). The first-order valence-corrected chi connectivity index (χ1v) is 10.1. The Morgan fingerprint density at radius 1 is 1.29 bits per heavy atom. The Morgan fingerprint density at radius 3 is 2.33 bits per heavy atom. The van der Waals surface area contributed by atoms with Crippen molar-refractivity contribution >= 4 is 25.7 Å². The molecule has 0 atom stereocenters. The Morgan fingerprint density at radius 2 is 1.86 bits per heavy atom. The molecular formula is C12H21N3O4S2. The predicted octanol–water partition coefficient (Wildman–Crippen LogP) is 1.03.